The number of hydrogen-bond donors (Lipinski definition) is 2. The van der Waals surface area contributed by atoms with Gasteiger partial charge in [-0.05, 0) is 55.8 Å². The lowest BCUT2D eigenvalue weighted by Gasteiger charge is -2.10. The van der Waals surface area contributed by atoms with Crippen molar-refractivity contribution in [3.63, 3.8) is 0 Å². The summed E-state index contributed by atoms with van der Waals surface area (Å²) in [7, 11) is 0. The molecule has 0 fully saturated rings. The van der Waals surface area contributed by atoms with E-state index in [1.807, 2.05) is 25.1 Å². The Labute approximate surface area is 176 Å². The highest BCUT2D eigenvalue weighted by Gasteiger charge is 2.15. The minimum Gasteiger partial charge on any atom is -0.351 e. The minimum atomic E-state index is -0.340. The van der Waals surface area contributed by atoms with Gasteiger partial charge in [0.1, 0.15) is 5.82 Å². The number of anilines is 1. The fraction of sp³-hybridized carbons (Fsp3) is 0.190. The summed E-state index contributed by atoms with van der Waals surface area (Å²) in [4.78, 5) is 24.6. The molecule has 0 saturated carbocycles. The standard InChI is InChI=1S/C21H20BrFN4O2/c1-13-3-4-15(22)11-19(13)26-20(28)9-10-24-21(29)18-12-25-27(14(18)2)17-7-5-16(23)6-8-17/h3-8,11-12H,9-10H2,1-2H3,(H,24,29)(H,26,28). The van der Waals surface area contributed by atoms with Crippen LogP contribution in [0, 0.1) is 19.7 Å². The van der Waals surface area contributed by atoms with Crippen molar-refractivity contribution >= 4 is 33.4 Å². The zero-order chi connectivity index (χ0) is 21.0. The molecule has 6 nitrogen and oxygen atoms in total. The lowest BCUT2D eigenvalue weighted by atomic mass is 10.2. The zero-order valence-corrected chi connectivity index (χ0v) is 17.6. The predicted molar refractivity (Wildman–Crippen MR) is 113 cm³/mol. The molecule has 2 N–H and O–H groups in total. The van der Waals surface area contributed by atoms with Crippen molar-refractivity contribution < 1.29 is 14.0 Å². The molecule has 0 saturated heterocycles. The zero-order valence-electron chi connectivity index (χ0n) is 16.0. The molecule has 0 spiro atoms. The summed E-state index contributed by atoms with van der Waals surface area (Å²) < 4.78 is 15.5. The Balaban J connectivity index is 1.56. The van der Waals surface area contributed by atoms with E-state index in [1.54, 1.807) is 23.7 Å². The van der Waals surface area contributed by atoms with Crippen LogP contribution in [-0.4, -0.2) is 28.1 Å². The Kier molecular flexibility index (Phi) is 6.43. The van der Waals surface area contributed by atoms with Crippen LogP contribution in [0.1, 0.15) is 28.0 Å². The van der Waals surface area contributed by atoms with E-state index in [9.17, 15) is 14.0 Å². The molecule has 0 aliphatic heterocycles. The third-order valence-electron chi connectivity index (χ3n) is 4.44. The fourth-order valence-corrected chi connectivity index (χ4v) is 3.16. The molecule has 0 bridgehead atoms. The second kappa shape index (κ2) is 9.00. The van der Waals surface area contributed by atoms with E-state index in [1.165, 1.54) is 18.3 Å². The monoisotopic (exact) mass is 458 g/mol. The van der Waals surface area contributed by atoms with Crippen molar-refractivity contribution in [1.82, 2.24) is 15.1 Å². The van der Waals surface area contributed by atoms with Crippen LogP contribution in [0.3, 0.4) is 0 Å². The van der Waals surface area contributed by atoms with Crippen LogP contribution >= 0.6 is 15.9 Å². The first-order valence-electron chi connectivity index (χ1n) is 9.00. The van der Waals surface area contributed by atoms with Gasteiger partial charge < -0.3 is 10.6 Å². The number of nitrogens with zero attached hydrogens (tertiary/aromatic N) is 2. The van der Waals surface area contributed by atoms with E-state index < -0.39 is 0 Å². The molecular formula is C21H20BrFN4O2. The SMILES string of the molecule is Cc1ccc(Br)cc1NC(=O)CCNC(=O)c1cnn(-c2ccc(F)cc2)c1C. The molecule has 0 aliphatic rings. The third kappa shape index (κ3) is 5.08. The quantitative estimate of drug-likeness (QED) is 0.582. The number of amides is 2. The summed E-state index contributed by atoms with van der Waals surface area (Å²) in [6.07, 6.45) is 1.60. The molecule has 2 aromatic carbocycles. The van der Waals surface area contributed by atoms with Crippen LogP contribution in [0.15, 0.2) is 53.1 Å². The molecule has 0 unspecified atom stereocenters. The number of hydrogen-bond acceptors (Lipinski definition) is 3. The average Bonchev–Trinajstić information content (AvgIpc) is 3.07. The van der Waals surface area contributed by atoms with Crippen molar-refractivity contribution in [3.05, 3.63) is 75.8 Å². The number of carbonyl (C=O) groups is 2. The van der Waals surface area contributed by atoms with E-state index in [2.05, 4.69) is 31.7 Å². The van der Waals surface area contributed by atoms with Gasteiger partial charge in [-0.15, -0.1) is 0 Å². The molecule has 8 heteroatoms. The van der Waals surface area contributed by atoms with Gasteiger partial charge >= 0.3 is 0 Å². The van der Waals surface area contributed by atoms with Gasteiger partial charge in [-0.1, -0.05) is 22.0 Å². The second-order valence-electron chi connectivity index (χ2n) is 6.55. The number of aryl methyl sites for hydroxylation is 1. The van der Waals surface area contributed by atoms with Crippen molar-refractivity contribution in [3.8, 4) is 5.69 Å². The summed E-state index contributed by atoms with van der Waals surface area (Å²) in [5, 5.41) is 9.78. The van der Waals surface area contributed by atoms with Crippen LogP contribution in [0.25, 0.3) is 5.69 Å². The first kappa shape index (κ1) is 20.7. The van der Waals surface area contributed by atoms with Gasteiger partial charge in [0.2, 0.25) is 5.91 Å². The normalized spacial score (nSPS) is 10.6. The Morgan fingerprint density at radius 1 is 1.14 bits per heavy atom. The summed E-state index contributed by atoms with van der Waals surface area (Å²) >= 11 is 3.38. The Morgan fingerprint density at radius 2 is 1.86 bits per heavy atom. The summed E-state index contributed by atoms with van der Waals surface area (Å²) in [5.74, 6) is -0.847. The predicted octanol–water partition coefficient (Wildman–Crippen LogP) is 4.15. The van der Waals surface area contributed by atoms with Crippen LogP contribution in [-0.2, 0) is 4.79 Å². The Bertz CT molecular complexity index is 1050. The van der Waals surface area contributed by atoms with Crippen LogP contribution in [0.2, 0.25) is 0 Å². The van der Waals surface area contributed by atoms with E-state index in [0.29, 0.717) is 16.9 Å². The van der Waals surface area contributed by atoms with Crippen LogP contribution in [0.5, 0.6) is 0 Å². The van der Waals surface area contributed by atoms with Crippen molar-refractivity contribution in [2.75, 3.05) is 11.9 Å². The maximum absolute atomic E-state index is 13.1. The molecule has 2 amide bonds. The van der Waals surface area contributed by atoms with Crippen LogP contribution in [0.4, 0.5) is 10.1 Å². The third-order valence-corrected chi connectivity index (χ3v) is 4.93. The smallest absolute Gasteiger partial charge is 0.254 e. The lowest BCUT2D eigenvalue weighted by Crippen LogP contribution is -2.28. The molecule has 150 valence electrons. The molecule has 1 heterocycles. The topological polar surface area (TPSA) is 76.0 Å². The maximum atomic E-state index is 13.1. The van der Waals surface area contributed by atoms with E-state index in [0.717, 1.165) is 15.7 Å². The van der Waals surface area contributed by atoms with Gasteiger partial charge in [-0.3, -0.25) is 9.59 Å². The molecule has 0 atom stereocenters. The Hall–Kier alpha value is -3.00. The highest BCUT2D eigenvalue weighted by atomic mass is 79.9. The first-order chi connectivity index (χ1) is 13.8. The molecule has 3 aromatic rings. The number of rotatable bonds is 6. The maximum Gasteiger partial charge on any atom is 0.254 e. The second-order valence-corrected chi connectivity index (χ2v) is 7.46. The number of carbonyl (C=O) groups excluding carboxylic acids is 2. The molecular weight excluding hydrogens is 439 g/mol. The lowest BCUT2D eigenvalue weighted by molar-refractivity contribution is -0.116. The highest BCUT2D eigenvalue weighted by molar-refractivity contribution is 9.10. The van der Waals surface area contributed by atoms with Gasteiger partial charge in [0, 0.05) is 23.1 Å². The molecule has 29 heavy (non-hydrogen) atoms. The molecule has 0 aliphatic carbocycles. The number of aromatic nitrogens is 2. The number of halogens is 2. The summed E-state index contributed by atoms with van der Waals surface area (Å²) in [6.45, 7) is 3.86. The molecule has 1 aromatic heterocycles. The van der Waals surface area contributed by atoms with Gasteiger partial charge in [0.15, 0.2) is 0 Å². The largest absolute Gasteiger partial charge is 0.351 e. The fourth-order valence-electron chi connectivity index (χ4n) is 2.80. The van der Waals surface area contributed by atoms with E-state index in [4.69, 9.17) is 0 Å². The first-order valence-corrected chi connectivity index (χ1v) is 9.79. The molecule has 0 radical (unpaired) electrons. The van der Waals surface area contributed by atoms with Gasteiger partial charge in [0.25, 0.3) is 5.91 Å². The Morgan fingerprint density at radius 3 is 2.59 bits per heavy atom. The minimum absolute atomic E-state index is 0.142. The van der Waals surface area contributed by atoms with Crippen molar-refractivity contribution in [2.45, 2.75) is 20.3 Å². The van der Waals surface area contributed by atoms with E-state index in [-0.39, 0.29) is 30.6 Å². The summed E-state index contributed by atoms with van der Waals surface area (Å²) in [5.41, 5.74) is 3.37. The van der Waals surface area contributed by atoms with Gasteiger partial charge in [0.05, 0.1) is 23.1 Å². The van der Waals surface area contributed by atoms with E-state index >= 15 is 0 Å². The van der Waals surface area contributed by atoms with Crippen molar-refractivity contribution in [1.29, 1.82) is 0 Å². The summed E-state index contributed by atoms with van der Waals surface area (Å²) in [6, 6.07) is 11.5. The number of benzene rings is 2. The molecule has 3 rings (SSSR count). The number of nitrogens with one attached hydrogen (secondary N) is 2. The van der Waals surface area contributed by atoms with Crippen LogP contribution < -0.4 is 10.6 Å². The van der Waals surface area contributed by atoms with Gasteiger partial charge in [-0.2, -0.15) is 5.10 Å². The highest BCUT2D eigenvalue weighted by Crippen LogP contribution is 2.20. The van der Waals surface area contributed by atoms with Gasteiger partial charge in [-0.25, -0.2) is 9.07 Å². The average molecular weight is 459 g/mol. The van der Waals surface area contributed by atoms with Crippen molar-refractivity contribution in [2.24, 2.45) is 0 Å².